The first kappa shape index (κ1) is 15.8. The van der Waals surface area contributed by atoms with E-state index in [9.17, 15) is 4.79 Å². The van der Waals surface area contributed by atoms with Crippen molar-refractivity contribution >= 4 is 23.4 Å². The van der Waals surface area contributed by atoms with E-state index in [0.29, 0.717) is 12.0 Å². The summed E-state index contributed by atoms with van der Waals surface area (Å²) in [5.74, 6) is 1.68. The number of hydrogen-bond donors (Lipinski definition) is 1. The van der Waals surface area contributed by atoms with Crippen molar-refractivity contribution in [3.63, 3.8) is 0 Å². The standard InChI is InChI=1S/C21H24N4O/c1-13-7-8-17(14(2)11-13)23-20-22-12-16-18(24-20)25(15-5-3-4-6-15)19(26)21(16)9-10-21/h7-8,11-12,15H,3-6,9-10H2,1-2H3,(H,22,23,24). The van der Waals surface area contributed by atoms with Crippen molar-refractivity contribution in [2.75, 3.05) is 10.2 Å². The first-order chi connectivity index (χ1) is 12.6. The molecule has 1 aromatic carbocycles. The molecule has 134 valence electrons. The van der Waals surface area contributed by atoms with Gasteiger partial charge in [0, 0.05) is 23.5 Å². The summed E-state index contributed by atoms with van der Waals surface area (Å²) >= 11 is 0. The number of aryl methyl sites for hydroxylation is 2. The molecule has 0 bridgehead atoms. The number of nitrogens with one attached hydrogen (secondary N) is 1. The summed E-state index contributed by atoms with van der Waals surface area (Å²) in [6.07, 6.45) is 8.35. The molecule has 1 N–H and O–H groups in total. The molecule has 2 heterocycles. The first-order valence-electron chi connectivity index (χ1n) is 9.64. The Morgan fingerprint density at radius 1 is 1.19 bits per heavy atom. The quantitative estimate of drug-likeness (QED) is 0.905. The predicted molar refractivity (Wildman–Crippen MR) is 102 cm³/mol. The molecule has 0 unspecified atom stereocenters. The van der Waals surface area contributed by atoms with E-state index >= 15 is 0 Å². The lowest BCUT2D eigenvalue weighted by Crippen LogP contribution is -2.39. The fourth-order valence-electron chi connectivity index (χ4n) is 4.58. The molecular weight excluding hydrogens is 324 g/mol. The van der Waals surface area contributed by atoms with E-state index in [1.54, 1.807) is 0 Å². The zero-order valence-electron chi connectivity index (χ0n) is 15.4. The highest BCUT2D eigenvalue weighted by molar-refractivity contribution is 6.09. The molecule has 2 aliphatic carbocycles. The minimum atomic E-state index is -0.309. The van der Waals surface area contributed by atoms with Gasteiger partial charge in [-0.3, -0.25) is 9.69 Å². The molecule has 1 aliphatic heterocycles. The number of fused-ring (bicyclic) bond motifs is 2. The van der Waals surface area contributed by atoms with E-state index < -0.39 is 0 Å². The third-order valence-corrected chi connectivity index (χ3v) is 6.21. The van der Waals surface area contributed by atoms with Crippen LogP contribution in [0.1, 0.15) is 55.2 Å². The summed E-state index contributed by atoms with van der Waals surface area (Å²) in [4.78, 5) is 24.5. The molecule has 26 heavy (non-hydrogen) atoms. The number of hydrogen-bond acceptors (Lipinski definition) is 4. The van der Waals surface area contributed by atoms with Gasteiger partial charge in [-0.25, -0.2) is 4.98 Å². The van der Waals surface area contributed by atoms with Gasteiger partial charge < -0.3 is 5.32 Å². The first-order valence-corrected chi connectivity index (χ1v) is 9.64. The maximum absolute atomic E-state index is 13.1. The van der Waals surface area contributed by atoms with Crippen LogP contribution >= 0.6 is 0 Å². The number of aromatic nitrogens is 2. The third kappa shape index (κ3) is 2.26. The number of carbonyl (C=O) groups is 1. The molecule has 2 saturated carbocycles. The van der Waals surface area contributed by atoms with Crippen molar-refractivity contribution in [1.82, 2.24) is 9.97 Å². The molecular formula is C21H24N4O. The maximum atomic E-state index is 13.1. The second-order valence-electron chi connectivity index (χ2n) is 8.07. The Morgan fingerprint density at radius 3 is 2.65 bits per heavy atom. The van der Waals surface area contributed by atoms with Crippen LogP contribution in [-0.4, -0.2) is 21.9 Å². The van der Waals surface area contributed by atoms with Gasteiger partial charge >= 0.3 is 0 Å². The molecule has 5 nitrogen and oxygen atoms in total. The summed E-state index contributed by atoms with van der Waals surface area (Å²) in [6.45, 7) is 4.17. The van der Waals surface area contributed by atoms with Gasteiger partial charge in [0.25, 0.3) is 0 Å². The summed E-state index contributed by atoms with van der Waals surface area (Å²) in [5, 5.41) is 3.34. The van der Waals surface area contributed by atoms with Crippen LogP contribution in [0.4, 0.5) is 17.5 Å². The summed E-state index contributed by atoms with van der Waals surface area (Å²) in [6, 6.07) is 6.59. The molecule has 5 heteroatoms. The van der Waals surface area contributed by atoms with Crippen molar-refractivity contribution < 1.29 is 4.79 Å². The van der Waals surface area contributed by atoms with E-state index in [0.717, 1.165) is 48.3 Å². The fraction of sp³-hybridized carbons (Fsp3) is 0.476. The van der Waals surface area contributed by atoms with Gasteiger partial charge in [0.05, 0.1) is 5.41 Å². The SMILES string of the molecule is Cc1ccc(Nc2ncc3c(n2)N(C2CCCC2)C(=O)C32CC2)c(C)c1. The minimum Gasteiger partial charge on any atom is -0.324 e. The van der Waals surface area contributed by atoms with Crippen LogP contribution in [0.15, 0.2) is 24.4 Å². The van der Waals surface area contributed by atoms with Gasteiger partial charge in [-0.1, -0.05) is 30.5 Å². The average Bonchev–Trinajstić information content (AvgIpc) is 3.18. The number of rotatable bonds is 3. The van der Waals surface area contributed by atoms with Crippen LogP contribution in [0.3, 0.4) is 0 Å². The third-order valence-electron chi connectivity index (χ3n) is 6.21. The smallest absolute Gasteiger partial charge is 0.239 e. The van der Waals surface area contributed by atoms with E-state index in [1.165, 1.54) is 18.4 Å². The van der Waals surface area contributed by atoms with Crippen molar-refractivity contribution in [1.29, 1.82) is 0 Å². The predicted octanol–water partition coefficient (Wildman–Crippen LogP) is 4.16. The number of benzene rings is 1. The van der Waals surface area contributed by atoms with Crippen LogP contribution in [0.5, 0.6) is 0 Å². The Labute approximate surface area is 153 Å². The highest BCUT2D eigenvalue weighted by atomic mass is 16.2. The molecule has 3 aliphatic rings. The zero-order chi connectivity index (χ0) is 17.9. The second-order valence-corrected chi connectivity index (χ2v) is 8.07. The Morgan fingerprint density at radius 2 is 1.96 bits per heavy atom. The van der Waals surface area contributed by atoms with Crippen LogP contribution < -0.4 is 10.2 Å². The van der Waals surface area contributed by atoms with Crippen molar-refractivity contribution in [2.45, 2.75) is 63.8 Å². The van der Waals surface area contributed by atoms with E-state index in [4.69, 9.17) is 4.98 Å². The molecule has 1 spiro atoms. The monoisotopic (exact) mass is 348 g/mol. The highest BCUT2D eigenvalue weighted by Gasteiger charge is 2.61. The van der Waals surface area contributed by atoms with Crippen molar-refractivity contribution in [3.05, 3.63) is 41.1 Å². The maximum Gasteiger partial charge on any atom is 0.239 e. The lowest BCUT2D eigenvalue weighted by atomic mass is 10.0. The van der Waals surface area contributed by atoms with E-state index in [-0.39, 0.29) is 11.3 Å². The lowest BCUT2D eigenvalue weighted by molar-refractivity contribution is -0.120. The number of amides is 1. The molecule has 1 amide bonds. The highest BCUT2D eigenvalue weighted by Crippen LogP contribution is 2.57. The van der Waals surface area contributed by atoms with Gasteiger partial charge in [-0.2, -0.15) is 4.98 Å². The normalized spacial score (nSPS) is 20.7. The Bertz CT molecular complexity index is 897. The van der Waals surface area contributed by atoms with Crippen LogP contribution in [0.25, 0.3) is 0 Å². The lowest BCUT2D eigenvalue weighted by Gasteiger charge is -2.24. The molecule has 0 atom stereocenters. The van der Waals surface area contributed by atoms with Crippen LogP contribution in [0, 0.1) is 13.8 Å². The minimum absolute atomic E-state index is 0.261. The Balaban J connectivity index is 1.52. The van der Waals surface area contributed by atoms with Crippen molar-refractivity contribution in [3.8, 4) is 0 Å². The van der Waals surface area contributed by atoms with Gasteiger partial charge in [-0.05, 0) is 51.2 Å². The van der Waals surface area contributed by atoms with Crippen molar-refractivity contribution in [2.24, 2.45) is 0 Å². The van der Waals surface area contributed by atoms with Crippen LogP contribution in [-0.2, 0) is 10.2 Å². The van der Waals surface area contributed by atoms with Gasteiger partial charge in [0.15, 0.2) is 0 Å². The molecule has 0 radical (unpaired) electrons. The molecule has 0 saturated heterocycles. The molecule has 2 fully saturated rings. The largest absolute Gasteiger partial charge is 0.324 e. The van der Waals surface area contributed by atoms with Gasteiger partial charge in [-0.15, -0.1) is 0 Å². The number of anilines is 3. The zero-order valence-corrected chi connectivity index (χ0v) is 15.4. The molecule has 2 aromatic rings. The Hall–Kier alpha value is -2.43. The number of carbonyl (C=O) groups excluding carboxylic acids is 1. The Kier molecular flexibility index (Phi) is 3.36. The fourth-order valence-corrected chi connectivity index (χ4v) is 4.58. The molecule has 1 aromatic heterocycles. The van der Waals surface area contributed by atoms with E-state index in [2.05, 4.69) is 42.3 Å². The van der Waals surface area contributed by atoms with E-state index in [1.807, 2.05) is 11.1 Å². The topological polar surface area (TPSA) is 58.1 Å². The molecule has 5 rings (SSSR count). The van der Waals surface area contributed by atoms with Gasteiger partial charge in [0.2, 0.25) is 11.9 Å². The summed E-state index contributed by atoms with van der Waals surface area (Å²) in [5.41, 5.74) is 4.14. The second kappa shape index (κ2) is 5.53. The van der Waals surface area contributed by atoms with Gasteiger partial charge in [0.1, 0.15) is 5.82 Å². The average molecular weight is 348 g/mol. The van der Waals surface area contributed by atoms with Crippen LogP contribution in [0.2, 0.25) is 0 Å². The summed E-state index contributed by atoms with van der Waals surface area (Å²) in [7, 11) is 0. The summed E-state index contributed by atoms with van der Waals surface area (Å²) < 4.78 is 0. The number of nitrogens with zero attached hydrogens (tertiary/aromatic N) is 3.